The number of nitrogens with two attached hydrogens (primary N) is 1. The zero-order valence-electron chi connectivity index (χ0n) is 10.4. The summed E-state index contributed by atoms with van der Waals surface area (Å²) in [5.74, 6) is -0.716. The monoisotopic (exact) mass is 242 g/mol. The maximum Gasteiger partial charge on any atom is 0.309 e. The van der Waals surface area contributed by atoms with Gasteiger partial charge in [-0.2, -0.15) is 0 Å². The van der Waals surface area contributed by atoms with Crippen molar-refractivity contribution in [1.82, 2.24) is 15.5 Å². The summed E-state index contributed by atoms with van der Waals surface area (Å²) in [5.41, 5.74) is 5.23. The highest BCUT2D eigenvalue weighted by Gasteiger charge is 2.19. The van der Waals surface area contributed by atoms with Gasteiger partial charge in [-0.05, 0) is 32.4 Å². The Labute approximate surface area is 102 Å². The normalized spacial score (nSPS) is 20.9. The highest BCUT2D eigenvalue weighted by molar-refractivity contribution is 6.35. The Hall–Kier alpha value is -1.14. The lowest BCUT2D eigenvalue weighted by atomic mass is 9.98. The van der Waals surface area contributed by atoms with Gasteiger partial charge in [-0.15, -0.1) is 0 Å². The van der Waals surface area contributed by atoms with Gasteiger partial charge >= 0.3 is 11.8 Å². The first-order valence-corrected chi connectivity index (χ1v) is 6.08. The van der Waals surface area contributed by atoms with Crippen LogP contribution in [-0.2, 0) is 9.59 Å². The van der Waals surface area contributed by atoms with Gasteiger partial charge in [0.05, 0.1) is 0 Å². The summed E-state index contributed by atoms with van der Waals surface area (Å²) in [6, 6.07) is 0. The number of hydrogen-bond donors (Lipinski definition) is 3. The molecule has 0 aromatic rings. The number of nitrogens with one attached hydrogen (secondary N) is 2. The van der Waals surface area contributed by atoms with E-state index in [1.54, 1.807) is 0 Å². The molecule has 0 radical (unpaired) electrons. The van der Waals surface area contributed by atoms with Crippen molar-refractivity contribution in [3.05, 3.63) is 0 Å². The van der Waals surface area contributed by atoms with Gasteiger partial charge in [-0.1, -0.05) is 0 Å². The molecule has 0 saturated carbocycles. The molecule has 0 spiro atoms. The quantitative estimate of drug-likeness (QED) is 0.525. The lowest BCUT2D eigenvalue weighted by Crippen LogP contribution is -2.45. The summed E-state index contributed by atoms with van der Waals surface area (Å²) in [7, 11) is 2.07. The van der Waals surface area contributed by atoms with Crippen molar-refractivity contribution in [1.29, 1.82) is 0 Å². The first-order valence-electron chi connectivity index (χ1n) is 6.08. The average Bonchev–Trinajstić information content (AvgIpc) is 2.33. The van der Waals surface area contributed by atoms with Crippen LogP contribution in [0.15, 0.2) is 0 Å². The Morgan fingerprint density at radius 2 is 2.06 bits per heavy atom. The van der Waals surface area contributed by atoms with E-state index in [2.05, 4.69) is 22.6 Å². The molecule has 98 valence electrons. The number of piperidine rings is 1. The first kappa shape index (κ1) is 13.9. The minimum atomic E-state index is -0.598. The molecule has 0 aromatic carbocycles. The Morgan fingerprint density at radius 1 is 1.35 bits per heavy atom. The van der Waals surface area contributed by atoms with Crippen LogP contribution in [0.25, 0.3) is 0 Å². The van der Waals surface area contributed by atoms with E-state index in [4.69, 9.17) is 5.73 Å². The number of carbonyl (C=O) groups is 2. The van der Waals surface area contributed by atoms with Gasteiger partial charge in [0.1, 0.15) is 0 Å². The predicted molar refractivity (Wildman–Crippen MR) is 65.3 cm³/mol. The number of rotatable bonds is 4. The second-order valence-corrected chi connectivity index (χ2v) is 4.53. The second-order valence-electron chi connectivity index (χ2n) is 4.53. The fourth-order valence-corrected chi connectivity index (χ4v) is 2.02. The van der Waals surface area contributed by atoms with Crippen LogP contribution in [0.1, 0.15) is 12.8 Å². The summed E-state index contributed by atoms with van der Waals surface area (Å²) >= 11 is 0. The molecule has 4 N–H and O–H groups in total. The molecule has 1 fully saturated rings. The smallest absolute Gasteiger partial charge is 0.309 e. The highest BCUT2D eigenvalue weighted by atomic mass is 16.2. The number of amides is 2. The maximum atomic E-state index is 11.4. The molecule has 6 heteroatoms. The van der Waals surface area contributed by atoms with E-state index in [0.29, 0.717) is 25.6 Å². The molecule has 1 rings (SSSR count). The standard InChI is InChI=1S/C11H22N4O2/c1-15-6-2-3-9(8-15)7-14-11(17)10(16)13-5-4-12/h9H,2-8,12H2,1H3,(H,13,16)(H,14,17). The van der Waals surface area contributed by atoms with Crippen molar-refractivity contribution < 1.29 is 9.59 Å². The second kappa shape index (κ2) is 7.24. The first-order chi connectivity index (χ1) is 8.13. The van der Waals surface area contributed by atoms with Crippen LogP contribution in [0, 0.1) is 5.92 Å². The molecule has 0 aliphatic carbocycles. The number of hydrogen-bond acceptors (Lipinski definition) is 4. The maximum absolute atomic E-state index is 11.4. The number of nitrogens with zero attached hydrogens (tertiary/aromatic N) is 1. The summed E-state index contributed by atoms with van der Waals surface area (Å²) in [5, 5.41) is 5.11. The molecule has 1 atom stereocenters. The number of likely N-dealkylation sites (tertiary alicyclic amines) is 1. The molecule has 1 aliphatic rings. The van der Waals surface area contributed by atoms with Crippen LogP contribution in [0.2, 0.25) is 0 Å². The van der Waals surface area contributed by atoms with Crippen LogP contribution in [0.3, 0.4) is 0 Å². The van der Waals surface area contributed by atoms with E-state index in [-0.39, 0.29) is 0 Å². The topological polar surface area (TPSA) is 87.5 Å². The molecule has 1 unspecified atom stereocenters. The Balaban J connectivity index is 2.20. The molecule has 1 saturated heterocycles. The van der Waals surface area contributed by atoms with Crippen molar-refractivity contribution in [3.63, 3.8) is 0 Å². The van der Waals surface area contributed by atoms with Crippen molar-refractivity contribution >= 4 is 11.8 Å². The van der Waals surface area contributed by atoms with Gasteiger partial charge in [0, 0.05) is 26.2 Å². The summed E-state index contributed by atoms with van der Waals surface area (Å²) < 4.78 is 0. The third kappa shape index (κ3) is 5.14. The van der Waals surface area contributed by atoms with E-state index in [1.165, 1.54) is 0 Å². The third-order valence-electron chi connectivity index (χ3n) is 2.91. The minimum Gasteiger partial charge on any atom is -0.348 e. The lowest BCUT2D eigenvalue weighted by molar-refractivity contribution is -0.139. The van der Waals surface area contributed by atoms with Crippen LogP contribution >= 0.6 is 0 Å². The Morgan fingerprint density at radius 3 is 2.71 bits per heavy atom. The van der Waals surface area contributed by atoms with E-state index in [0.717, 1.165) is 25.9 Å². The van der Waals surface area contributed by atoms with Crippen molar-refractivity contribution in [2.75, 3.05) is 39.8 Å². The lowest BCUT2D eigenvalue weighted by Gasteiger charge is -2.29. The molecule has 17 heavy (non-hydrogen) atoms. The molecule has 1 aliphatic heterocycles. The summed E-state index contributed by atoms with van der Waals surface area (Å²) in [6.07, 6.45) is 2.26. The zero-order chi connectivity index (χ0) is 12.7. The van der Waals surface area contributed by atoms with E-state index in [9.17, 15) is 9.59 Å². The molecule has 6 nitrogen and oxygen atoms in total. The molecule has 1 heterocycles. The van der Waals surface area contributed by atoms with Crippen molar-refractivity contribution in [3.8, 4) is 0 Å². The van der Waals surface area contributed by atoms with Crippen molar-refractivity contribution in [2.45, 2.75) is 12.8 Å². The van der Waals surface area contributed by atoms with E-state index in [1.807, 2.05) is 0 Å². The Bertz CT molecular complexity index is 270. The zero-order valence-corrected chi connectivity index (χ0v) is 10.4. The Kier molecular flexibility index (Phi) is 5.93. The molecule has 0 aromatic heterocycles. The van der Waals surface area contributed by atoms with Gasteiger partial charge in [-0.3, -0.25) is 9.59 Å². The van der Waals surface area contributed by atoms with Crippen LogP contribution < -0.4 is 16.4 Å². The average molecular weight is 242 g/mol. The predicted octanol–water partition coefficient (Wildman–Crippen LogP) is -1.48. The van der Waals surface area contributed by atoms with E-state index < -0.39 is 11.8 Å². The largest absolute Gasteiger partial charge is 0.348 e. The number of carbonyl (C=O) groups excluding carboxylic acids is 2. The summed E-state index contributed by atoms with van der Waals surface area (Å²) in [4.78, 5) is 24.9. The van der Waals surface area contributed by atoms with Gasteiger partial charge in [-0.25, -0.2) is 0 Å². The van der Waals surface area contributed by atoms with Crippen molar-refractivity contribution in [2.24, 2.45) is 11.7 Å². The molecule has 2 amide bonds. The highest BCUT2D eigenvalue weighted by Crippen LogP contribution is 2.13. The van der Waals surface area contributed by atoms with Gasteiger partial charge < -0.3 is 21.3 Å². The molecular weight excluding hydrogens is 220 g/mol. The third-order valence-corrected chi connectivity index (χ3v) is 2.91. The van der Waals surface area contributed by atoms with Gasteiger partial charge in [0.2, 0.25) is 0 Å². The fraction of sp³-hybridized carbons (Fsp3) is 0.818. The van der Waals surface area contributed by atoms with Gasteiger partial charge in [0.25, 0.3) is 0 Å². The SMILES string of the molecule is CN1CCCC(CNC(=O)C(=O)NCCN)C1. The van der Waals surface area contributed by atoms with Crippen LogP contribution in [-0.4, -0.2) is 56.5 Å². The van der Waals surface area contributed by atoms with Crippen LogP contribution in [0.5, 0.6) is 0 Å². The minimum absolute atomic E-state index is 0.332. The van der Waals surface area contributed by atoms with E-state index >= 15 is 0 Å². The fourth-order valence-electron chi connectivity index (χ4n) is 2.02. The summed E-state index contributed by atoms with van der Waals surface area (Å²) in [6.45, 7) is 3.33. The van der Waals surface area contributed by atoms with Crippen LogP contribution in [0.4, 0.5) is 0 Å². The molecular formula is C11H22N4O2. The van der Waals surface area contributed by atoms with Gasteiger partial charge in [0.15, 0.2) is 0 Å². The molecule has 0 bridgehead atoms.